The molecule has 0 unspecified atom stereocenters. The molecule has 4 aromatic heterocycles. The summed E-state index contributed by atoms with van der Waals surface area (Å²) >= 11 is 2.78. The first kappa shape index (κ1) is 18.8. The van der Waals surface area contributed by atoms with Gasteiger partial charge in [-0.15, -0.1) is 26.6 Å². The molecule has 1 aromatic carbocycles. The van der Waals surface area contributed by atoms with Crippen molar-refractivity contribution >= 4 is 32.9 Å². The number of hydrogen-bond donors (Lipinski definition) is 1. The van der Waals surface area contributed by atoms with Crippen LogP contribution in [-0.4, -0.2) is 29.8 Å². The number of nitrogens with zero attached hydrogens (tertiary/aromatic N) is 6. The van der Waals surface area contributed by atoms with Crippen molar-refractivity contribution in [2.24, 2.45) is 7.05 Å². The Kier molecular flexibility index (Phi) is 4.51. The molecule has 4 heterocycles. The normalized spacial score (nSPS) is 11.7. The highest BCUT2D eigenvalue weighted by Gasteiger charge is 2.18. The summed E-state index contributed by atoms with van der Waals surface area (Å²) < 4.78 is 34.8. The van der Waals surface area contributed by atoms with Crippen molar-refractivity contribution in [3.05, 3.63) is 52.1 Å². The SMILES string of the molecule is Cn1c(=N)sc2cc(-c3cn(Cc4ccc(-c5nnc(C(F)F)o5)s4)nn3)ccc21. The molecule has 0 aliphatic rings. The van der Waals surface area contributed by atoms with Gasteiger partial charge in [-0.05, 0) is 24.3 Å². The Morgan fingerprint density at radius 3 is 2.80 bits per heavy atom. The van der Waals surface area contributed by atoms with Crippen LogP contribution in [0.5, 0.6) is 0 Å². The number of fused-ring (bicyclic) bond motifs is 1. The molecule has 0 fully saturated rings. The summed E-state index contributed by atoms with van der Waals surface area (Å²) in [6, 6.07) is 9.56. The molecule has 0 aliphatic carbocycles. The summed E-state index contributed by atoms with van der Waals surface area (Å²) in [5.41, 5.74) is 2.66. The molecule has 12 heteroatoms. The third-order valence-corrected chi connectivity index (χ3v) is 6.56. The molecule has 0 saturated heterocycles. The highest BCUT2D eigenvalue weighted by molar-refractivity contribution is 7.16. The zero-order valence-electron chi connectivity index (χ0n) is 15.4. The van der Waals surface area contributed by atoms with E-state index in [2.05, 4.69) is 20.5 Å². The second-order valence-corrected chi connectivity index (χ2v) is 8.66. The van der Waals surface area contributed by atoms with E-state index in [1.807, 2.05) is 42.1 Å². The predicted molar refractivity (Wildman–Crippen MR) is 107 cm³/mol. The summed E-state index contributed by atoms with van der Waals surface area (Å²) in [5.74, 6) is -0.610. The number of hydrogen-bond acceptors (Lipinski definition) is 8. The number of nitrogens with one attached hydrogen (secondary N) is 1. The first-order valence-corrected chi connectivity index (χ1v) is 10.4. The maximum Gasteiger partial charge on any atom is 0.314 e. The van der Waals surface area contributed by atoms with Crippen molar-refractivity contribution < 1.29 is 13.2 Å². The Bertz CT molecular complexity index is 1410. The van der Waals surface area contributed by atoms with Crippen LogP contribution in [0.25, 0.3) is 32.2 Å². The quantitative estimate of drug-likeness (QED) is 0.440. The average molecular weight is 445 g/mol. The molecule has 0 spiro atoms. The lowest BCUT2D eigenvalue weighted by atomic mass is 10.1. The standard InChI is InChI=1S/C18H13F2N7OS2/c1-26-12-4-2-9(6-14(12)30-18(26)21)11-8-27(25-22-11)7-10-3-5-13(29-10)16-23-24-17(28-16)15(19)20/h2-6,8,15,21H,7H2,1H3. The minimum absolute atomic E-state index is 0.0759. The van der Waals surface area contributed by atoms with E-state index >= 15 is 0 Å². The van der Waals surface area contributed by atoms with Crippen LogP contribution in [0.2, 0.25) is 0 Å². The Balaban J connectivity index is 1.36. The van der Waals surface area contributed by atoms with Gasteiger partial charge in [0.05, 0.1) is 27.8 Å². The van der Waals surface area contributed by atoms with E-state index in [0.29, 0.717) is 16.2 Å². The number of aromatic nitrogens is 6. The summed E-state index contributed by atoms with van der Waals surface area (Å²) in [6.45, 7) is 0.473. The number of thiazole rings is 1. The van der Waals surface area contributed by atoms with Crippen LogP contribution in [-0.2, 0) is 13.6 Å². The molecular weight excluding hydrogens is 432 g/mol. The molecule has 5 aromatic rings. The van der Waals surface area contributed by atoms with Crippen LogP contribution in [0.4, 0.5) is 8.78 Å². The van der Waals surface area contributed by atoms with Gasteiger partial charge in [-0.1, -0.05) is 22.6 Å². The Labute approximate surface area is 175 Å². The first-order chi connectivity index (χ1) is 14.5. The Morgan fingerprint density at radius 1 is 1.13 bits per heavy atom. The van der Waals surface area contributed by atoms with Crippen LogP contribution in [0.15, 0.2) is 40.9 Å². The van der Waals surface area contributed by atoms with Gasteiger partial charge < -0.3 is 8.98 Å². The molecule has 152 valence electrons. The zero-order chi connectivity index (χ0) is 20.8. The van der Waals surface area contributed by atoms with E-state index in [1.165, 1.54) is 22.7 Å². The Morgan fingerprint density at radius 2 is 2.00 bits per heavy atom. The molecule has 0 saturated carbocycles. The lowest BCUT2D eigenvalue weighted by Gasteiger charge is -1.98. The van der Waals surface area contributed by atoms with E-state index in [4.69, 9.17) is 9.83 Å². The van der Waals surface area contributed by atoms with E-state index < -0.39 is 12.3 Å². The van der Waals surface area contributed by atoms with Gasteiger partial charge in [0.25, 0.3) is 11.8 Å². The van der Waals surface area contributed by atoms with Crippen LogP contribution < -0.4 is 4.80 Å². The summed E-state index contributed by atoms with van der Waals surface area (Å²) in [7, 11) is 1.87. The van der Waals surface area contributed by atoms with Crippen LogP contribution in [0.3, 0.4) is 0 Å². The number of rotatable bonds is 5. The molecule has 8 nitrogen and oxygen atoms in total. The predicted octanol–water partition coefficient (Wildman–Crippen LogP) is 4.08. The highest BCUT2D eigenvalue weighted by Crippen LogP contribution is 2.30. The van der Waals surface area contributed by atoms with E-state index in [9.17, 15) is 8.78 Å². The van der Waals surface area contributed by atoms with Crippen LogP contribution in [0, 0.1) is 5.41 Å². The van der Waals surface area contributed by atoms with Crippen molar-refractivity contribution in [1.82, 2.24) is 29.8 Å². The van der Waals surface area contributed by atoms with Crippen molar-refractivity contribution in [2.45, 2.75) is 13.0 Å². The van der Waals surface area contributed by atoms with Gasteiger partial charge in [0.2, 0.25) is 0 Å². The Hall–Kier alpha value is -3.25. The topological polar surface area (TPSA) is 98.4 Å². The molecule has 0 radical (unpaired) electrons. The maximum absolute atomic E-state index is 12.6. The van der Waals surface area contributed by atoms with Gasteiger partial charge in [-0.3, -0.25) is 5.41 Å². The van der Waals surface area contributed by atoms with E-state index in [1.54, 1.807) is 10.7 Å². The smallest absolute Gasteiger partial charge is 0.314 e. The average Bonchev–Trinajstić information content (AvgIpc) is 3.50. The number of halogens is 2. The van der Waals surface area contributed by atoms with Gasteiger partial charge in [0.15, 0.2) is 4.80 Å². The van der Waals surface area contributed by atoms with Crippen LogP contribution in [0.1, 0.15) is 17.2 Å². The highest BCUT2D eigenvalue weighted by atomic mass is 32.1. The molecule has 0 bridgehead atoms. The number of aryl methyl sites for hydroxylation is 1. The second-order valence-electron chi connectivity index (χ2n) is 6.46. The molecule has 0 aliphatic heterocycles. The van der Waals surface area contributed by atoms with Crippen molar-refractivity contribution in [3.8, 4) is 22.0 Å². The lowest BCUT2D eigenvalue weighted by molar-refractivity contribution is 0.116. The number of alkyl halides is 2. The second kappa shape index (κ2) is 7.22. The molecule has 0 amide bonds. The molecule has 5 rings (SSSR count). The van der Waals surface area contributed by atoms with Crippen LogP contribution >= 0.6 is 22.7 Å². The fourth-order valence-electron chi connectivity index (χ4n) is 2.98. The number of thiophene rings is 1. The van der Waals surface area contributed by atoms with Gasteiger partial charge in [0, 0.05) is 17.5 Å². The largest absolute Gasteiger partial charge is 0.414 e. The summed E-state index contributed by atoms with van der Waals surface area (Å²) in [5, 5.41) is 23.4. The fraction of sp³-hybridized carbons (Fsp3) is 0.167. The lowest BCUT2D eigenvalue weighted by Crippen LogP contribution is -2.06. The third-order valence-electron chi connectivity index (χ3n) is 4.48. The monoisotopic (exact) mass is 445 g/mol. The van der Waals surface area contributed by atoms with Gasteiger partial charge in [0.1, 0.15) is 5.69 Å². The first-order valence-electron chi connectivity index (χ1n) is 8.73. The number of benzene rings is 1. The van der Waals surface area contributed by atoms with Gasteiger partial charge in [-0.2, -0.15) is 8.78 Å². The summed E-state index contributed by atoms with van der Waals surface area (Å²) in [4.78, 5) is 2.05. The maximum atomic E-state index is 12.6. The molecular formula is C18H13F2N7OS2. The van der Waals surface area contributed by atoms with Gasteiger partial charge >= 0.3 is 6.43 Å². The molecule has 0 atom stereocenters. The van der Waals surface area contributed by atoms with Crippen molar-refractivity contribution in [2.75, 3.05) is 0 Å². The fourth-order valence-corrected chi connectivity index (χ4v) is 4.84. The minimum atomic E-state index is -2.79. The minimum Gasteiger partial charge on any atom is -0.414 e. The van der Waals surface area contributed by atoms with E-state index in [0.717, 1.165) is 26.4 Å². The van der Waals surface area contributed by atoms with Crippen molar-refractivity contribution in [3.63, 3.8) is 0 Å². The van der Waals surface area contributed by atoms with Crippen molar-refractivity contribution in [1.29, 1.82) is 5.41 Å². The van der Waals surface area contributed by atoms with Gasteiger partial charge in [-0.25, -0.2) is 4.68 Å². The zero-order valence-corrected chi connectivity index (χ0v) is 17.0. The van der Waals surface area contributed by atoms with E-state index in [-0.39, 0.29) is 5.89 Å². The molecule has 30 heavy (non-hydrogen) atoms. The summed E-state index contributed by atoms with van der Waals surface area (Å²) in [6.07, 6.45) is -0.944. The molecule has 1 N–H and O–H groups in total. The third kappa shape index (κ3) is 3.33.